The molecule has 1 atom stereocenters. The molecule has 15 heteroatoms. The van der Waals surface area contributed by atoms with E-state index in [1.54, 1.807) is 36.5 Å². The van der Waals surface area contributed by atoms with Gasteiger partial charge in [-0.3, -0.25) is 24.4 Å². The Hall–Kier alpha value is -4.85. The summed E-state index contributed by atoms with van der Waals surface area (Å²) in [5.41, 5.74) is 2.92. The number of pyridine rings is 2. The number of anilines is 3. The zero-order valence-corrected chi connectivity index (χ0v) is 27.1. The number of aliphatic hydroxyl groups excluding tert-OH is 2. The zero-order chi connectivity index (χ0) is 34.4. The van der Waals surface area contributed by atoms with Crippen molar-refractivity contribution >= 4 is 45.5 Å². The van der Waals surface area contributed by atoms with E-state index in [4.69, 9.17) is 45.7 Å². The summed E-state index contributed by atoms with van der Waals surface area (Å²) in [5.74, 6) is 0.365. The van der Waals surface area contributed by atoms with Crippen molar-refractivity contribution in [3.63, 3.8) is 0 Å². The molecule has 0 bridgehead atoms. The maximum Gasteiger partial charge on any atom is 0.248 e. The highest BCUT2D eigenvalue weighted by Gasteiger charge is 2.21. The van der Waals surface area contributed by atoms with E-state index in [0.29, 0.717) is 64.1 Å². The molecule has 1 aliphatic heterocycles. The number of carbonyl (C=O) groups is 1. The number of aliphatic hydroxyl groups is 2. The maximum absolute atomic E-state index is 13.1. The Kier molecular flexibility index (Phi) is 13.1. The Labute approximate surface area is 287 Å². The lowest BCUT2D eigenvalue weighted by molar-refractivity contribution is -0.365. The van der Waals surface area contributed by atoms with Crippen LogP contribution < -0.4 is 20.1 Å². The van der Waals surface area contributed by atoms with Gasteiger partial charge in [0, 0.05) is 42.0 Å². The number of halogens is 1. The van der Waals surface area contributed by atoms with Crippen LogP contribution in [0.4, 0.5) is 17.1 Å². The van der Waals surface area contributed by atoms with Gasteiger partial charge in [0.2, 0.25) is 5.91 Å². The summed E-state index contributed by atoms with van der Waals surface area (Å²) in [6.45, 7) is 0.708. The molecule has 0 saturated carbocycles. The van der Waals surface area contributed by atoms with Gasteiger partial charge >= 0.3 is 0 Å². The van der Waals surface area contributed by atoms with Crippen molar-refractivity contribution in [3.05, 3.63) is 89.4 Å². The molecule has 5 rings (SSSR count). The number of hydrogen-bond donors (Lipinski definition) is 4. The van der Waals surface area contributed by atoms with Crippen LogP contribution in [0, 0.1) is 11.3 Å². The van der Waals surface area contributed by atoms with Gasteiger partial charge in [-0.25, -0.2) is 0 Å². The second kappa shape index (κ2) is 18.1. The molecule has 0 spiro atoms. The monoisotopic (exact) mass is 690 g/mol. The molecule has 3 heterocycles. The Morgan fingerprint density at radius 2 is 1.96 bits per heavy atom. The summed E-state index contributed by atoms with van der Waals surface area (Å²) in [7, 11) is 0. The number of nitrogens with zero attached hydrogens (tertiary/aromatic N) is 4. The largest absolute Gasteiger partial charge is 0.486 e. The van der Waals surface area contributed by atoms with Crippen molar-refractivity contribution in [2.45, 2.75) is 19.1 Å². The number of ether oxygens (including phenoxy) is 3. The summed E-state index contributed by atoms with van der Waals surface area (Å²) in [6.07, 6.45) is 6.38. The van der Waals surface area contributed by atoms with E-state index < -0.39 is 5.91 Å². The number of hydrogen-bond acceptors (Lipinski definition) is 13. The number of fused-ring (bicyclic) bond motifs is 1. The van der Waals surface area contributed by atoms with Crippen molar-refractivity contribution < 1.29 is 38.9 Å². The molecule has 2 aromatic heterocycles. The van der Waals surface area contributed by atoms with Gasteiger partial charge in [-0.05, 0) is 36.4 Å². The molecule has 2 aromatic carbocycles. The Balaban J connectivity index is 1.40. The molecule has 1 aliphatic rings. The number of nitrogens with one attached hydrogen (secondary N) is 2. The average Bonchev–Trinajstić information content (AvgIpc) is 3.63. The number of nitriles is 1. The third-order valence-corrected chi connectivity index (χ3v) is 7.30. The van der Waals surface area contributed by atoms with Crippen molar-refractivity contribution in [1.29, 1.82) is 5.26 Å². The molecule has 0 aliphatic carbocycles. The molecule has 256 valence electrons. The summed E-state index contributed by atoms with van der Waals surface area (Å²) in [5, 5.41) is 36.2. The Bertz CT molecular complexity index is 1770. The highest BCUT2D eigenvalue weighted by molar-refractivity contribution is 6.32. The lowest BCUT2D eigenvalue weighted by Gasteiger charge is -2.19. The molecular weight excluding hydrogens is 656 g/mol. The number of hydroxylamine groups is 2. The molecule has 1 saturated heterocycles. The number of amides is 1. The van der Waals surface area contributed by atoms with Gasteiger partial charge in [0.05, 0.1) is 79.4 Å². The molecule has 49 heavy (non-hydrogen) atoms. The minimum Gasteiger partial charge on any atom is -0.486 e. The van der Waals surface area contributed by atoms with E-state index in [-0.39, 0.29) is 51.2 Å². The van der Waals surface area contributed by atoms with Crippen LogP contribution in [0.1, 0.15) is 17.7 Å². The van der Waals surface area contributed by atoms with Gasteiger partial charge in [0.25, 0.3) is 0 Å². The van der Waals surface area contributed by atoms with Gasteiger partial charge in [-0.15, -0.1) is 0 Å². The molecule has 1 amide bonds. The molecule has 4 aromatic rings. The van der Waals surface area contributed by atoms with Gasteiger partial charge < -0.3 is 35.1 Å². The predicted octanol–water partition coefficient (Wildman–Crippen LogP) is 4.29. The second-order valence-corrected chi connectivity index (χ2v) is 10.9. The number of carbonyl (C=O) groups excluding carboxylic acids is 1. The molecule has 14 nitrogen and oxygen atoms in total. The van der Waals surface area contributed by atoms with Crippen LogP contribution in [-0.2, 0) is 25.8 Å². The Morgan fingerprint density at radius 1 is 1.12 bits per heavy atom. The van der Waals surface area contributed by atoms with Crippen LogP contribution in [0.15, 0.2) is 73.1 Å². The summed E-state index contributed by atoms with van der Waals surface area (Å²) < 4.78 is 17.5. The molecule has 4 N–H and O–H groups in total. The lowest BCUT2D eigenvalue weighted by Crippen LogP contribution is -2.27. The standard InChI is InChI=1S/C34H35ClN6O8/c35-28-16-24(6-7-31(28)46-21-25-4-1-2-9-37-25)39-34-23(19-36)20-38-29-18-32(49-26-8-13-45-22-26)30(17-27(29)34)40-33(44)5-3-10-41(47-14-11-42)48-15-12-43/h1-7,9,16-18,20,26,42-43H,8,10-15,21-22H2,(H,38,39)(H,40,44). The topological polar surface area (TPSA) is 181 Å². The number of aromatic nitrogens is 2. The first-order valence-corrected chi connectivity index (χ1v) is 15.8. The van der Waals surface area contributed by atoms with E-state index in [1.165, 1.54) is 18.3 Å². The van der Waals surface area contributed by atoms with E-state index >= 15 is 0 Å². The van der Waals surface area contributed by atoms with E-state index in [0.717, 1.165) is 10.9 Å². The average molecular weight is 691 g/mol. The summed E-state index contributed by atoms with van der Waals surface area (Å²) >= 11 is 6.56. The van der Waals surface area contributed by atoms with Gasteiger partial charge in [-0.2, -0.15) is 5.26 Å². The SMILES string of the molecule is N#Cc1cnc2cc(OC3CCOC3)c(NC(=O)C=CCN(OCCO)OCCO)cc2c1Nc1ccc(OCc2ccccn2)c(Cl)c1. The fourth-order valence-electron chi connectivity index (χ4n) is 4.74. The molecular formula is C34H35ClN6O8. The van der Waals surface area contributed by atoms with E-state index in [1.807, 2.05) is 18.2 Å². The van der Waals surface area contributed by atoms with E-state index in [2.05, 4.69) is 26.7 Å². The van der Waals surface area contributed by atoms with Gasteiger partial charge in [-0.1, -0.05) is 29.0 Å². The third kappa shape index (κ3) is 10.1. The van der Waals surface area contributed by atoms with Crippen molar-refractivity contribution in [2.24, 2.45) is 0 Å². The first-order valence-electron chi connectivity index (χ1n) is 15.4. The number of rotatable bonds is 17. The van der Waals surface area contributed by atoms with Crippen LogP contribution in [0.25, 0.3) is 10.9 Å². The van der Waals surface area contributed by atoms with Crippen LogP contribution in [0.3, 0.4) is 0 Å². The van der Waals surface area contributed by atoms with Gasteiger partial charge in [0.1, 0.15) is 30.3 Å². The maximum atomic E-state index is 13.1. The highest BCUT2D eigenvalue weighted by Crippen LogP contribution is 2.38. The Morgan fingerprint density at radius 3 is 2.65 bits per heavy atom. The highest BCUT2D eigenvalue weighted by atomic mass is 35.5. The smallest absolute Gasteiger partial charge is 0.248 e. The third-order valence-electron chi connectivity index (χ3n) is 7.01. The van der Waals surface area contributed by atoms with Crippen LogP contribution >= 0.6 is 11.6 Å². The minimum absolute atomic E-state index is 0.0284. The minimum atomic E-state index is -0.483. The van der Waals surface area contributed by atoms with E-state index in [9.17, 15) is 10.1 Å². The van der Waals surface area contributed by atoms with Crippen LogP contribution in [0.5, 0.6) is 11.5 Å². The van der Waals surface area contributed by atoms with Crippen molar-refractivity contribution in [2.75, 3.05) is 56.8 Å². The van der Waals surface area contributed by atoms with Crippen molar-refractivity contribution in [1.82, 2.24) is 15.2 Å². The zero-order valence-electron chi connectivity index (χ0n) is 26.4. The lowest BCUT2D eigenvalue weighted by atomic mass is 10.1. The fourth-order valence-corrected chi connectivity index (χ4v) is 4.98. The van der Waals surface area contributed by atoms with Crippen LogP contribution in [0.2, 0.25) is 5.02 Å². The summed E-state index contributed by atoms with van der Waals surface area (Å²) in [6, 6.07) is 16.3. The van der Waals surface area contributed by atoms with Crippen LogP contribution in [-0.4, -0.2) is 83.6 Å². The molecule has 1 fully saturated rings. The second-order valence-electron chi connectivity index (χ2n) is 10.5. The normalized spacial score (nSPS) is 14.3. The quantitative estimate of drug-likeness (QED) is 0.0911. The van der Waals surface area contributed by atoms with Crippen molar-refractivity contribution in [3.8, 4) is 17.6 Å². The number of benzene rings is 2. The first kappa shape index (κ1) is 35.5. The fraction of sp³-hybridized carbons (Fsp3) is 0.294. The first-order chi connectivity index (χ1) is 24.0. The summed E-state index contributed by atoms with van der Waals surface area (Å²) in [4.78, 5) is 32.3. The van der Waals surface area contributed by atoms with Gasteiger partial charge in [0.15, 0.2) is 0 Å². The molecule has 0 radical (unpaired) electrons. The predicted molar refractivity (Wildman–Crippen MR) is 180 cm³/mol. The molecule has 1 unspecified atom stereocenters.